The first-order chi connectivity index (χ1) is 28.0. The summed E-state index contributed by atoms with van der Waals surface area (Å²) in [5.41, 5.74) is -1.15. The molecule has 0 bridgehead atoms. The fraction of sp³-hybridized carbons (Fsp3) is 0.735. The van der Waals surface area contributed by atoms with Crippen LogP contribution in [-0.2, 0) is 33.8 Å². The van der Waals surface area contributed by atoms with Crippen LogP contribution in [0.1, 0.15) is 151 Å². The van der Waals surface area contributed by atoms with Crippen LogP contribution < -0.4 is 10.6 Å². The summed E-state index contributed by atoms with van der Waals surface area (Å²) in [6.45, 7) is 23.2. The van der Waals surface area contributed by atoms with Gasteiger partial charge in [-0.3, -0.25) is 24.0 Å². The summed E-state index contributed by atoms with van der Waals surface area (Å²) in [5, 5.41) is 15.9. The molecule has 6 aliphatic carbocycles. The highest BCUT2D eigenvalue weighted by Crippen LogP contribution is 2.76. The number of carbonyl (C=O) groups is 5. The third-order valence-corrected chi connectivity index (χ3v) is 19.5. The van der Waals surface area contributed by atoms with Crippen molar-refractivity contribution in [2.24, 2.45) is 62.6 Å². The standard InChI is InChI=1S/C49H70N2O9S/c1-27(2)37-33(52)26-49(51-42(57)45(7,8)50-39(53)28-13-15-29(16-14-28)61(12,58)59)24-23-47(10)30(38(37)49)17-18-35-46(9)21-20-36(44(5,6)34(46)19-22-48(35,47)11)60-41(56)32-25-31(40(54)55)43(32,3)4/h13-16,27,30-32,34-36H,17-26H2,1-12H3,(H,50,53)(H,51,57)(H,54,55)/t30-,31+,32-,34+,35-,36+,46+,47-,48-,49-/m1/s1. The second-order valence-corrected chi connectivity index (χ2v) is 24.9. The first kappa shape index (κ1) is 45.5. The Morgan fingerprint density at radius 2 is 1.46 bits per heavy atom. The monoisotopic (exact) mass is 862 g/mol. The summed E-state index contributed by atoms with van der Waals surface area (Å²) >= 11 is 0. The molecule has 0 aliphatic heterocycles. The SMILES string of the molecule is CC(C)C1=C2[C@H]3CC[C@@H]4[C@@]5(C)CC[C@H](OC(=O)[C@H]6C[C@@H](C(=O)O)C6(C)C)C(C)(C)[C@@H]5CC[C@@]4(C)[C@]3(C)CC[C@@]2(NC(=O)C(C)(C)NC(=O)c2ccc(S(C)(=O)=O)cc2)CC1=O. The number of aliphatic carboxylic acids is 1. The van der Waals surface area contributed by atoms with E-state index in [-0.39, 0.29) is 74.1 Å². The van der Waals surface area contributed by atoms with E-state index >= 15 is 0 Å². The van der Waals surface area contributed by atoms with E-state index in [1.165, 1.54) is 24.3 Å². The van der Waals surface area contributed by atoms with Gasteiger partial charge in [-0.05, 0) is 152 Å². The van der Waals surface area contributed by atoms with Gasteiger partial charge >= 0.3 is 11.9 Å². The van der Waals surface area contributed by atoms with Gasteiger partial charge in [-0.1, -0.05) is 62.3 Å². The average Bonchev–Trinajstić information content (AvgIpc) is 3.43. The summed E-state index contributed by atoms with van der Waals surface area (Å²) in [4.78, 5) is 67.6. The maximum absolute atomic E-state index is 14.4. The van der Waals surface area contributed by atoms with Gasteiger partial charge in [0.05, 0.1) is 22.3 Å². The van der Waals surface area contributed by atoms with Gasteiger partial charge in [0.2, 0.25) is 5.91 Å². The Morgan fingerprint density at radius 1 is 0.820 bits per heavy atom. The Morgan fingerprint density at radius 3 is 2.03 bits per heavy atom. The van der Waals surface area contributed by atoms with E-state index < -0.39 is 50.0 Å². The number of fused-ring (bicyclic) bond motifs is 7. The van der Waals surface area contributed by atoms with Crippen LogP contribution in [0, 0.1) is 62.6 Å². The number of hydrogen-bond donors (Lipinski definition) is 3. The third kappa shape index (κ3) is 6.84. The molecule has 1 aromatic rings. The first-order valence-electron chi connectivity index (χ1n) is 22.6. The molecule has 0 saturated heterocycles. The van der Waals surface area contributed by atoms with E-state index in [4.69, 9.17) is 4.74 Å². The van der Waals surface area contributed by atoms with Crippen LogP contribution in [-0.4, -0.2) is 66.5 Å². The normalized spacial score (nSPS) is 37.6. The Bertz CT molecular complexity index is 2190. The zero-order valence-electron chi connectivity index (χ0n) is 38.5. The number of sulfone groups is 1. The van der Waals surface area contributed by atoms with Gasteiger partial charge in [-0.25, -0.2) is 8.42 Å². The predicted octanol–water partition coefficient (Wildman–Crippen LogP) is 8.11. The van der Waals surface area contributed by atoms with Crippen molar-refractivity contribution in [3.8, 4) is 0 Å². The van der Waals surface area contributed by atoms with Crippen molar-refractivity contribution in [3.05, 3.63) is 41.0 Å². The molecule has 2 amide bonds. The van der Waals surface area contributed by atoms with Gasteiger partial charge in [0, 0.05) is 23.7 Å². The lowest BCUT2D eigenvalue weighted by Gasteiger charge is -2.72. The number of Topliss-reactive ketones (excluding diaryl/α,β-unsaturated/α-hetero) is 1. The van der Waals surface area contributed by atoms with E-state index in [0.29, 0.717) is 24.7 Å². The molecule has 61 heavy (non-hydrogen) atoms. The fourth-order valence-electron chi connectivity index (χ4n) is 14.5. The molecule has 1 aromatic carbocycles. The number of nitrogens with one attached hydrogen (secondary N) is 2. The highest BCUT2D eigenvalue weighted by Gasteiger charge is 2.71. The molecule has 10 atom stereocenters. The number of rotatable bonds is 9. The maximum Gasteiger partial charge on any atom is 0.309 e. The van der Waals surface area contributed by atoms with Crippen molar-refractivity contribution in [2.45, 2.75) is 162 Å². The topological polar surface area (TPSA) is 173 Å². The number of carboxylic acid groups (broad SMARTS) is 1. The Balaban J connectivity index is 1.12. The second-order valence-electron chi connectivity index (χ2n) is 22.9. The number of ether oxygens (including phenoxy) is 1. The molecule has 5 fully saturated rings. The quantitative estimate of drug-likeness (QED) is 0.207. The lowest BCUT2D eigenvalue weighted by Crippen LogP contribution is -2.68. The minimum absolute atomic E-state index is 0.00557. The van der Waals surface area contributed by atoms with E-state index in [0.717, 1.165) is 62.3 Å². The van der Waals surface area contributed by atoms with Gasteiger partial charge in [0.1, 0.15) is 11.6 Å². The van der Waals surface area contributed by atoms with Gasteiger partial charge in [0.25, 0.3) is 5.91 Å². The molecular formula is C49H70N2O9S. The van der Waals surface area contributed by atoms with Gasteiger partial charge < -0.3 is 20.5 Å². The number of esters is 1. The van der Waals surface area contributed by atoms with Crippen molar-refractivity contribution < 1.29 is 42.2 Å². The molecule has 6 aliphatic rings. The lowest BCUT2D eigenvalue weighted by atomic mass is 9.33. The van der Waals surface area contributed by atoms with Crippen LogP contribution in [0.4, 0.5) is 0 Å². The third-order valence-electron chi connectivity index (χ3n) is 18.4. The van der Waals surface area contributed by atoms with Crippen molar-refractivity contribution >= 4 is 39.4 Å². The van der Waals surface area contributed by atoms with E-state index in [1.807, 2.05) is 13.8 Å². The first-order valence-corrected chi connectivity index (χ1v) is 24.5. The molecule has 11 nitrogen and oxygen atoms in total. The molecule has 7 rings (SSSR count). The fourth-order valence-corrected chi connectivity index (χ4v) is 15.2. The second kappa shape index (κ2) is 14.5. The smallest absolute Gasteiger partial charge is 0.309 e. The van der Waals surface area contributed by atoms with Crippen LogP contribution in [0.25, 0.3) is 0 Å². The summed E-state index contributed by atoms with van der Waals surface area (Å²) < 4.78 is 30.4. The summed E-state index contributed by atoms with van der Waals surface area (Å²) in [6, 6.07) is 5.64. The Hall–Kier alpha value is -3.54. The predicted molar refractivity (Wildman–Crippen MR) is 232 cm³/mol. The number of carboxylic acids is 1. The number of ketones is 1. The zero-order chi connectivity index (χ0) is 45.3. The van der Waals surface area contributed by atoms with Crippen molar-refractivity contribution in [3.63, 3.8) is 0 Å². The number of carbonyl (C=O) groups excluding carboxylic acids is 4. The minimum atomic E-state index is -3.44. The summed E-state index contributed by atoms with van der Waals surface area (Å²) in [7, 11) is -3.44. The Kier molecular flexibility index (Phi) is 10.8. The average molecular weight is 863 g/mol. The van der Waals surface area contributed by atoms with Gasteiger partial charge in [-0.15, -0.1) is 0 Å². The molecule has 0 heterocycles. The molecule has 3 N–H and O–H groups in total. The molecular weight excluding hydrogens is 793 g/mol. The van der Waals surface area contributed by atoms with E-state index in [2.05, 4.69) is 59.1 Å². The summed E-state index contributed by atoms with van der Waals surface area (Å²) in [5.74, 6) is -2.08. The number of benzene rings is 1. The van der Waals surface area contributed by atoms with E-state index in [1.54, 1.807) is 13.8 Å². The van der Waals surface area contributed by atoms with Gasteiger partial charge in [-0.2, -0.15) is 0 Å². The van der Waals surface area contributed by atoms with Crippen LogP contribution in [0.2, 0.25) is 0 Å². The maximum atomic E-state index is 14.4. The minimum Gasteiger partial charge on any atom is -0.481 e. The zero-order valence-corrected chi connectivity index (χ0v) is 39.4. The van der Waals surface area contributed by atoms with Crippen LogP contribution in [0.5, 0.6) is 0 Å². The number of amides is 2. The number of allylic oxidation sites excluding steroid dienone is 1. The molecule has 12 heteroatoms. The van der Waals surface area contributed by atoms with Crippen molar-refractivity contribution in [1.29, 1.82) is 0 Å². The lowest BCUT2D eigenvalue weighted by molar-refractivity contribution is -0.235. The molecule has 0 aromatic heterocycles. The summed E-state index contributed by atoms with van der Waals surface area (Å²) in [6.07, 6.45) is 8.43. The molecule has 336 valence electrons. The largest absolute Gasteiger partial charge is 0.481 e. The molecule has 0 radical (unpaired) electrons. The van der Waals surface area contributed by atoms with Crippen molar-refractivity contribution in [1.82, 2.24) is 10.6 Å². The number of hydrogen-bond acceptors (Lipinski definition) is 8. The highest BCUT2D eigenvalue weighted by atomic mass is 32.2. The highest BCUT2D eigenvalue weighted by molar-refractivity contribution is 7.90. The molecule has 0 unspecified atom stereocenters. The Labute approximate surface area is 363 Å². The van der Waals surface area contributed by atoms with E-state index in [9.17, 15) is 37.5 Å². The van der Waals surface area contributed by atoms with Crippen LogP contribution in [0.15, 0.2) is 40.3 Å². The molecule has 0 spiro atoms. The van der Waals surface area contributed by atoms with Crippen LogP contribution >= 0.6 is 0 Å². The van der Waals surface area contributed by atoms with Gasteiger partial charge in [0.15, 0.2) is 15.6 Å². The van der Waals surface area contributed by atoms with Crippen LogP contribution in [0.3, 0.4) is 0 Å². The molecule has 5 saturated carbocycles. The van der Waals surface area contributed by atoms with Crippen molar-refractivity contribution in [2.75, 3.05) is 6.26 Å².